The van der Waals surface area contributed by atoms with Crippen LogP contribution in [0.4, 0.5) is 5.13 Å². The zero-order chi connectivity index (χ0) is 19.5. The van der Waals surface area contributed by atoms with Gasteiger partial charge in [-0.15, -0.1) is 17.5 Å². The highest BCUT2D eigenvalue weighted by Crippen LogP contribution is 2.32. The van der Waals surface area contributed by atoms with E-state index in [0.717, 1.165) is 65.5 Å². The Morgan fingerprint density at radius 1 is 1.34 bits per heavy atom. The summed E-state index contributed by atoms with van der Waals surface area (Å²) >= 11 is 6.18. The van der Waals surface area contributed by atoms with E-state index in [9.17, 15) is 4.79 Å². The molecular weight excluding hydrogens is 498 g/mol. The number of halogens is 2. The maximum absolute atomic E-state index is 13.2. The van der Waals surface area contributed by atoms with E-state index in [1.165, 1.54) is 11.3 Å². The first-order chi connectivity index (χ1) is 13.6. The van der Waals surface area contributed by atoms with E-state index in [2.05, 4.69) is 30.4 Å². The molecule has 3 heterocycles. The molecule has 0 atom stereocenters. The van der Waals surface area contributed by atoms with E-state index in [1.54, 1.807) is 4.90 Å². The Labute approximate surface area is 191 Å². The Kier molecular flexibility index (Phi) is 7.94. The highest BCUT2D eigenvalue weighted by molar-refractivity contribution is 9.10. The van der Waals surface area contributed by atoms with Crippen molar-refractivity contribution < 1.29 is 9.53 Å². The number of fused-ring (bicyclic) bond motifs is 1. The topological polar surface area (TPSA) is 71.5 Å². The van der Waals surface area contributed by atoms with Gasteiger partial charge < -0.3 is 4.74 Å². The summed E-state index contributed by atoms with van der Waals surface area (Å²) in [5, 5.41) is 4.71. The van der Waals surface area contributed by atoms with Crippen LogP contribution in [0.25, 0.3) is 10.2 Å². The summed E-state index contributed by atoms with van der Waals surface area (Å²) in [7, 11) is 0. The van der Waals surface area contributed by atoms with E-state index >= 15 is 0 Å². The SMILES string of the molecule is Cc1nnsc1C(=O)N(CCCN1CCOCC1)c1nc2ccc(Br)cc2s1.Cl. The zero-order valence-corrected chi connectivity index (χ0v) is 19.9. The number of nitrogens with zero attached hydrogens (tertiary/aromatic N) is 5. The number of aromatic nitrogens is 3. The Hall–Kier alpha value is -1.17. The first-order valence-corrected chi connectivity index (χ1v) is 11.5. The number of hydrogen-bond acceptors (Lipinski definition) is 8. The van der Waals surface area contributed by atoms with Crippen LogP contribution in [0.3, 0.4) is 0 Å². The lowest BCUT2D eigenvalue weighted by Gasteiger charge is -2.27. The molecule has 3 aromatic rings. The van der Waals surface area contributed by atoms with Gasteiger partial charge in [0, 0.05) is 30.7 Å². The molecule has 1 saturated heterocycles. The van der Waals surface area contributed by atoms with E-state index < -0.39 is 0 Å². The lowest BCUT2D eigenvalue weighted by atomic mass is 10.3. The van der Waals surface area contributed by atoms with Gasteiger partial charge in [0.05, 0.1) is 29.1 Å². The number of aryl methyl sites for hydroxylation is 1. The number of rotatable bonds is 6. The summed E-state index contributed by atoms with van der Waals surface area (Å²) in [4.78, 5) is 22.7. The lowest BCUT2D eigenvalue weighted by molar-refractivity contribution is 0.0376. The van der Waals surface area contributed by atoms with Crippen molar-refractivity contribution in [3.05, 3.63) is 33.2 Å². The van der Waals surface area contributed by atoms with Crippen LogP contribution < -0.4 is 4.90 Å². The smallest absolute Gasteiger partial charge is 0.273 e. The second-order valence-corrected chi connectivity index (χ2v) is 9.24. The van der Waals surface area contributed by atoms with Crippen LogP contribution in [0, 0.1) is 6.92 Å². The maximum atomic E-state index is 13.2. The van der Waals surface area contributed by atoms with Crippen LogP contribution in [-0.4, -0.2) is 64.8 Å². The van der Waals surface area contributed by atoms with E-state index in [1.807, 2.05) is 25.1 Å². The zero-order valence-electron chi connectivity index (χ0n) is 15.8. The molecule has 0 saturated carbocycles. The third kappa shape index (κ3) is 5.31. The van der Waals surface area contributed by atoms with Crippen molar-refractivity contribution in [2.45, 2.75) is 13.3 Å². The summed E-state index contributed by atoms with van der Waals surface area (Å²) in [5.41, 5.74) is 1.56. The molecule has 156 valence electrons. The molecule has 11 heteroatoms. The average Bonchev–Trinajstić information content (AvgIpc) is 3.31. The molecule has 0 spiro atoms. The van der Waals surface area contributed by atoms with Gasteiger partial charge in [-0.1, -0.05) is 31.8 Å². The minimum atomic E-state index is -0.0763. The van der Waals surface area contributed by atoms with E-state index in [-0.39, 0.29) is 18.3 Å². The van der Waals surface area contributed by atoms with Gasteiger partial charge in [0.1, 0.15) is 4.88 Å². The number of carbonyl (C=O) groups excluding carboxylic acids is 1. The van der Waals surface area contributed by atoms with Gasteiger partial charge in [0.15, 0.2) is 5.13 Å². The van der Waals surface area contributed by atoms with Crippen LogP contribution in [0.5, 0.6) is 0 Å². The number of hydrogen-bond donors (Lipinski definition) is 0. The molecule has 0 N–H and O–H groups in total. The fraction of sp³-hybridized carbons (Fsp3) is 0.444. The molecule has 2 aromatic heterocycles. The second kappa shape index (κ2) is 10.2. The highest BCUT2D eigenvalue weighted by Gasteiger charge is 2.25. The van der Waals surface area contributed by atoms with Gasteiger partial charge in [-0.05, 0) is 43.1 Å². The van der Waals surface area contributed by atoms with Crippen LogP contribution in [0.1, 0.15) is 21.8 Å². The van der Waals surface area contributed by atoms with Crippen molar-refractivity contribution >= 4 is 72.5 Å². The first kappa shape index (κ1) is 22.5. The average molecular weight is 519 g/mol. The van der Waals surface area contributed by atoms with Crippen LogP contribution in [-0.2, 0) is 4.74 Å². The monoisotopic (exact) mass is 517 g/mol. The molecule has 29 heavy (non-hydrogen) atoms. The largest absolute Gasteiger partial charge is 0.379 e. The molecule has 1 fully saturated rings. The molecule has 7 nitrogen and oxygen atoms in total. The molecule has 1 aromatic carbocycles. The number of morpholine rings is 1. The number of thiazole rings is 1. The summed E-state index contributed by atoms with van der Waals surface area (Å²) in [6, 6.07) is 5.97. The predicted molar refractivity (Wildman–Crippen MR) is 123 cm³/mol. The van der Waals surface area contributed by atoms with Crippen molar-refractivity contribution in [2.24, 2.45) is 0 Å². The van der Waals surface area contributed by atoms with Gasteiger partial charge in [0.2, 0.25) is 0 Å². The quantitative estimate of drug-likeness (QED) is 0.491. The molecule has 0 bridgehead atoms. The minimum absolute atomic E-state index is 0. The molecule has 0 unspecified atom stereocenters. The number of ether oxygens (including phenoxy) is 1. The first-order valence-electron chi connectivity index (χ1n) is 9.09. The molecule has 4 rings (SSSR count). The fourth-order valence-electron chi connectivity index (χ4n) is 3.11. The lowest BCUT2D eigenvalue weighted by Crippen LogP contribution is -2.39. The Morgan fingerprint density at radius 3 is 2.86 bits per heavy atom. The van der Waals surface area contributed by atoms with Crippen LogP contribution in [0.15, 0.2) is 22.7 Å². The second-order valence-electron chi connectivity index (χ2n) is 6.56. The van der Waals surface area contributed by atoms with E-state index in [4.69, 9.17) is 9.72 Å². The van der Waals surface area contributed by atoms with Gasteiger partial charge >= 0.3 is 0 Å². The van der Waals surface area contributed by atoms with Gasteiger partial charge in [-0.3, -0.25) is 14.6 Å². The molecule has 1 aliphatic rings. The maximum Gasteiger partial charge on any atom is 0.273 e. The number of anilines is 1. The standard InChI is InChI=1S/C18H20BrN5O2S2.ClH/c1-12-16(28-22-21-12)17(25)24(6-2-5-23-7-9-26-10-8-23)18-20-14-4-3-13(19)11-15(14)27-18;/h3-4,11H,2,5-10H2,1H3;1H. The third-order valence-corrected chi connectivity index (χ3v) is 6.97. The van der Waals surface area contributed by atoms with Gasteiger partial charge in [-0.25, -0.2) is 4.98 Å². The molecule has 0 radical (unpaired) electrons. The van der Waals surface area contributed by atoms with Crippen molar-refractivity contribution in [1.29, 1.82) is 0 Å². The number of carbonyl (C=O) groups is 1. The summed E-state index contributed by atoms with van der Waals surface area (Å²) in [6.45, 7) is 6.81. The number of benzene rings is 1. The third-order valence-electron chi connectivity index (χ3n) is 4.62. The molecule has 1 amide bonds. The molecular formula is C18H21BrClN5O2S2. The predicted octanol–water partition coefficient (Wildman–Crippen LogP) is 4.01. The summed E-state index contributed by atoms with van der Waals surface area (Å²) in [5.74, 6) is -0.0763. The Bertz CT molecular complexity index is 976. The van der Waals surface area contributed by atoms with Crippen molar-refractivity contribution in [1.82, 2.24) is 19.5 Å². The molecule has 0 aliphatic carbocycles. The van der Waals surface area contributed by atoms with E-state index in [0.29, 0.717) is 22.2 Å². The normalized spacial score (nSPS) is 14.7. The van der Waals surface area contributed by atoms with Crippen molar-refractivity contribution in [2.75, 3.05) is 44.3 Å². The van der Waals surface area contributed by atoms with Crippen molar-refractivity contribution in [3.63, 3.8) is 0 Å². The van der Waals surface area contributed by atoms with Gasteiger partial charge in [0.25, 0.3) is 5.91 Å². The fourth-order valence-corrected chi connectivity index (χ4v) is 5.26. The minimum Gasteiger partial charge on any atom is -0.379 e. The van der Waals surface area contributed by atoms with Crippen molar-refractivity contribution in [3.8, 4) is 0 Å². The summed E-state index contributed by atoms with van der Waals surface area (Å²) in [6.07, 6.45) is 0.872. The van der Waals surface area contributed by atoms with Crippen LogP contribution in [0.2, 0.25) is 0 Å². The highest BCUT2D eigenvalue weighted by atomic mass is 79.9. The Morgan fingerprint density at radius 2 is 2.14 bits per heavy atom. The Balaban J connectivity index is 0.00000240. The molecule has 1 aliphatic heterocycles. The van der Waals surface area contributed by atoms with Gasteiger partial charge in [-0.2, -0.15) is 0 Å². The summed E-state index contributed by atoms with van der Waals surface area (Å²) < 4.78 is 11.4. The number of amides is 1. The van der Waals surface area contributed by atoms with Crippen LogP contribution >= 0.6 is 51.2 Å².